The standard InChI is InChI=1S/C15H16BrNS/c1-10-15(11-2-4-13(16)5-3-11)12(9-18-10)8-17-14-6-7-14/h2-5,9,14,17H,6-8H2,1H3. The number of halogens is 1. The number of aryl methyl sites for hydroxylation is 1. The lowest BCUT2D eigenvalue weighted by Crippen LogP contribution is -2.15. The molecular weight excluding hydrogens is 306 g/mol. The van der Waals surface area contributed by atoms with Gasteiger partial charge in [0.15, 0.2) is 0 Å². The van der Waals surface area contributed by atoms with Gasteiger partial charge >= 0.3 is 0 Å². The average molecular weight is 322 g/mol. The Labute approximate surface area is 120 Å². The van der Waals surface area contributed by atoms with Crippen molar-refractivity contribution >= 4 is 27.3 Å². The summed E-state index contributed by atoms with van der Waals surface area (Å²) in [6.45, 7) is 3.21. The van der Waals surface area contributed by atoms with Gasteiger partial charge in [0, 0.05) is 21.9 Å². The fourth-order valence-corrected chi connectivity index (χ4v) is 3.33. The van der Waals surface area contributed by atoms with Gasteiger partial charge in [-0.3, -0.25) is 0 Å². The zero-order valence-corrected chi connectivity index (χ0v) is 12.8. The third-order valence-corrected chi connectivity index (χ3v) is 4.83. The Bertz CT molecular complexity index is 540. The Kier molecular flexibility index (Phi) is 3.55. The fraction of sp³-hybridized carbons (Fsp3) is 0.333. The van der Waals surface area contributed by atoms with Gasteiger partial charge in [0.2, 0.25) is 0 Å². The predicted octanol–water partition coefficient (Wildman–Crippen LogP) is 4.74. The lowest BCUT2D eigenvalue weighted by Gasteiger charge is -2.07. The third-order valence-electron chi connectivity index (χ3n) is 3.34. The molecule has 1 aromatic carbocycles. The summed E-state index contributed by atoms with van der Waals surface area (Å²) in [5.41, 5.74) is 4.18. The highest BCUT2D eigenvalue weighted by Gasteiger charge is 2.21. The zero-order valence-electron chi connectivity index (χ0n) is 10.4. The van der Waals surface area contributed by atoms with Crippen molar-refractivity contribution in [3.63, 3.8) is 0 Å². The molecule has 0 saturated heterocycles. The molecule has 1 nitrogen and oxygen atoms in total. The Balaban J connectivity index is 1.88. The van der Waals surface area contributed by atoms with Gasteiger partial charge in [-0.25, -0.2) is 0 Å². The Morgan fingerprint density at radius 1 is 1.28 bits per heavy atom. The molecule has 3 rings (SSSR count). The van der Waals surface area contributed by atoms with Crippen LogP contribution in [0.3, 0.4) is 0 Å². The summed E-state index contributed by atoms with van der Waals surface area (Å²) in [4.78, 5) is 1.41. The molecule has 2 aromatic rings. The lowest BCUT2D eigenvalue weighted by atomic mass is 10.0. The molecular formula is C15H16BrNS. The van der Waals surface area contributed by atoms with E-state index in [0.29, 0.717) is 0 Å². The molecule has 1 aromatic heterocycles. The van der Waals surface area contributed by atoms with Gasteiger partial charge in [0.05, 0.1) is 0 Å². The summed E-state index contributed by atoms with van der Waals surface area (Å²) in [6.07, 6.45) is 2.69. The number of hydrogen-bond donors (Lipinski definition) is 1. The molecule has 1 saturated carbocycles. The van der Waals surface area contributed by atoms with Crippen LogP contribution in [0.15, 0.2) is 34.1 Å². The van der Waals surface area contributed by atoms with Gasteiger partial charge in [-0.15, -0.1) is 11.3 Å². The van der Waals surface area contributed by atoms with E-state index in [0.717, 1.165) is 17.1 Å². The van der Waals surface area contributed by atoms with Crippen LogP contribution in [-0.4, -0.2) is 6.04 Å². The maximum Gasteiger partial charge on any atom is 0.0222 e. The average Bonchev–Trinajstić information content (AvgIpc) is 3.12. The van der Waals surface area contributed by atoms with Crippen molar-refractivity contribution in [2.75, 3.05) is 0 Å². The number of thiophene rings is 1. The van der Waals surface area contributed by atoms with E-state index >= 15 is 0 Å². The molecule has 0 bridgehead atoms. The molecule has 0 amide bonds. The quantitative estimate of drug-likeness (QED) is 0.857. The molecule has 1 aliphatic rings. The molecule has 0 radical (unpaired) electrons. The molecule has 0 unspecified atom stereocenters. The first-order chi connectivity index (χ1) is 8.74. The summed E-state index contributed by atoms with van der Waals surface area (Å²) in [5.74, 6) is 0. The molecule has 0 atom stereocenters. The van der Waals surface area contributed by atoms with Crippen molar-refractivity contribution in [2.45, 2.75) is 32.4 Å². The van der Waals surface area contributed by atoms with Crippen LogP contribution in [-0.2, 0) is 6.54 Å². The Morgan fingerprint density at radius 3 is 2.67 bits per heavy atom. The number of hydrogen-bond acceptors (Lipinski definition) is 2. The maximum atomic E-state index is 3.61. The van der Waals surface area contributed by atoms with Crippen LogP contribution in [0.4, 0.5) is 0 Å². The van der Waals surface area contributed by atoms with Gasteiger partial charge < -0.3 is 5.32 Å². The highest BCUT2D eigenvalue weighted by atomic mass is 79.9. The molecule has 1 heterocycles. The largest absolute Gasteiger partial charge is 0.310 e. The van der Waals surface area contributed by atoms with Crippen molar-refractivity contribution < 1.29 is 0 Å². The van der Waals surface area contributed by atoms with Crippen LogP contribution in [0.1, 0.15) is 23.3 Å². The first-order valence-corrected chi connectivity index (χ1v) is 7.97. The molecule has 1 N–H and O–H groups in total. The van der Waals surface area contributed by atoms with E-state index in [1.165, 1.54) is 34.4 Å². The van der Waals surface area contributed by atoms with Crippen LogP contribution in [0, 0.1) is 6.92 Å². The maximum absolute atomic E-state index is 3.61. The predicted molar refractivity (Wildman–Crippen MR) is 82.1 cm³/mol. The van der Waals surface area contributed by atoms with Crippen molar-refractivity contribution in [3.8, 4) is 11.1 Å². The first-order valence-electron chi connectivity index (χ1n) is 6.30. The molecule has 0 aliphatic heterocycles. The van der Waals surface area contributed by atoms with Crippen LogP contribution in [0.25, 0.3) is 11.1 Å². The lowest BCUT2D eigenvalue weighted by molar-refractivity contribution is 0.690. The first kappa shape index (κ1) is 12.4. The Hall–Kier alpha value is -0.640. The summed E-state index contributed by atoms with van der Waals surface area (Å²) < 4.78 is 1.14. The molecule has 0 spiro atoms. The SMILES string of the molecule is Cc1scc(CNC2CC2)c1-c1ccc(Br)cc1. The van der Waals surface area contributed by atoms with Crippen molar-refractivity contribution in [1.82, 2.24) is 5.32 Å². The minimum Gasteiger partial charge on any atom is -0.310 e. The fourth-order valence-electron chi connectivity index (χ4n) is 2.18. The van der Waals surface area contributed by atoms with E-state index in [1.54, 1.807) is 0 Å². The van der Waals surface area contributed by atoms with Crippen LogP contribution in [0.2, 0.25) is 0 Å². The summed E-state index contributed by atoms with van der Waals surface area (Å²) in [6, 6.07) is 9.39. The van der Waals surface area contributed by atoms with E-state index < -0.39 is 0 Å². The topological polar surface area (TPSA) is 12.0 Å². The highest BCUT2D eigenvalue weighted by Crippen LogP contribution is 2.33. The normalized spacial score (nSPS) is 15.0. The van der Waals surface area contributed by atoms with Crippen LogP contribution < -0.4 is 5.32 Å². The second kappa shape index (κ2) is 5.16. The van der Waals surface area contributed by atoms with Gasteiger partial charge in [0.1, 0.15) is 0 Å². The van der Waals surface area contributed by atoms with Crippen molar-refractivity contribution in [3.05, 3.63) is 44.6 Å². The monoisotopic (exact) mass is 321 g/mol. The second-order valence-electron chi connectivity index (χ2n) is 4.85. The van der Waals surface area contributed by atoms with Gasteiger partial charge in [-0.05, 0) is 54.0 Å². The van der Waals surface area contributed by atoms with E-state index in [1.807, 2.05) is 11.3 Å². The van der Waals surface area contributed by atoms with E-state index in [-0.39, 0.29) is 0 Å². The van der Waals surface area contributed by atoms with Gasteiger partial charge in [-0.1, -0.05) is 28.1 Å². The smallest absolute Gasteiger partial charge is 0.0222 e. The zero-order chi connectivity index (χ0) is 12.5. The number of nitrogens with one attached hydrogen (secondary N) is 1. The Morgan fingerprint density at radius 2 is 2.00 bits per heavy atom. The molecule has 3 heteroatoms. The van der Waals surface area contributed by atoms with E-state index in [9.17, 15) is 0 Å². The van der Waals surface area contributed by atoms with Gasteiger partial charge in [0.25, 0.3) is 0 Å². The molecule has 18 heavy (non-hydrogen) atoms. The van der Waals surface area contributed by atoms with Crippen molar-refractivity contribution in [1.29, 1.82) is 0 Å². The third kappa shape index (κ3) is 2.68. The summed E-state index contributed by atoms with van der Waals surface area (Å²) in [5, 5.41) is 5.90. The minimum atomic E-state index is 0.767. The van der Waals surface area contributed by atoms with Crippen molar-refractivity contribution in [2.24, 2.45) is 0 Å². The second-order valence-corrected chi connectivity index (χ2v) is 6.85. The summed E-state index contributed by atoms with van der Waals surface area (Å²) >= 11 is 5.34. The van der Waals surface area contributed by atoms with Crippen LogP contribution in [0.5, 0.6) is 0 Å². The van der Waals surface area contributed by atoms with E-state index in [4.69, 9.17) is 0 Å². The van der Waals surface area contributed by atoms with Gasteiger partial charge in [-0.2, -0.15) is 0 Å². The minimum absolute atomic E-state index is 0.767. The molecule has 1 fully saturated rings. The number of rotatable bonds is 4. The summed E-state index contributed by atoms with van der Waals surface area (Å²) in [7, 11) is 0. The van der Waals surface area contributed by atoms with Crippen LogP contribution >= 0.6 is 27.3 Å². The molecule has 94 valence electrons. The number of benzene rings is 1. The molecule has 1 aliphatic carbocycles. The highest BCUT2D eigenvalue weighted by molar-refractivity contribution is 9.10. The van der Waals surface area contributed by atoms with E-state index in [2.05, 4.69) is 57.8 Å².